The Labute approximate surface area is 123 Å². The highest BCUT2D eigenvalue weighted by molar-refractivity contribution is 9.10. The van der Waals surface area contributed by atoms with Gasteiger partial charge in [-0.3, -0.25) is 14.9 Å². The van der Waals surface area contributed by atoms with Crippen molar-refractivity contribution in [1.29, 1.82) is 0 Å². The van der Waals surface area contributed by atoms with Gasteiger partial charge in [-0.15, -0.1) is 0 Å². The lowest BCUT2D eigenvalue weighted by atomic mass is 10.1. The molecule has 1 saturated heterocycles. The fraction of sp³-hybridized carbons (Fsp3) is 0.417. The molecule has 1 N–H and O–H groups in total. The molecule has 108 valence electrons. The van der Waals surface area contributed by atoms with Crippen LogP contribution in [-0.2, 0) is 4.74 Å². The second-order valence-corrected chi connectivity index (χ2v) is 5.19. The molecule has 1 unspecified atom stereocenters. The fourth-order valence-corrected chi connectivity index (χ4v) is 2.42. The van der Waals surface area contributed by atoms with E-state index in [-0.39, 0.29) is 30.4 Å². The van der Waals surface area contributed by atoms with E-state index in [1.807, 2.05) is 0 Å². The maximum atomic E-state index is 12.4. The molecule has 0 bridgehead atoms. The topological polar surface area (TPSA) is 92.9 Å². The minimum absolute atomic E-state index is 0.162. The summed E-state index contributed by atoms with van der Waals surface area (Å²) in [6.07, 6.45) is 0. The first-order chi connectivity index (χ1) is 9.54. The third kappa shape index (κ3) is 2.97. The molecule has 1 heterocycles. The third-order valence-corrected chi connectivity index (χ3v) is 3.76. The highest BCUT2D eigenvalue weighted by Crippen LogP contribution is 2.26. The molecule has 0 radical (unpaired) electrons. The molecule has 1 fully saturated rings. The summed E-state index contributed by atoms with van der Waals surface area (Å²) >= 11 is 3.08. The van der Waals surface area contributed by atoms with Crippen LogP contribution in [0.5, 0.6) is 0 Å². The van der Waals surface area contributed by atoms with Crippen molar-refractivity contribution in [2.75, 3.05) is 26.4 Å². The van der Waals surface area contributed by atoms with Crippen LogP contribution in [0.15, 0.2) is 22.7 Å². The van der Waals surface area contributed by atoms with E-state index in [0.717, 1.165) is 0 Å². The number of nitro groups is 1. The predicted molar refractivity (Wildman–Crippen MR) is 73.5 cm³/mol. The second kappa shape index (κ2) is 6.29. The van der Waals surface area contributed by atoms with Crippen LogP contribution < -0.4 is 0 Å². The van der Waals surface area contributed by atoms with Crippen molar-refractivity contribution in [3.63, 3.8) is 0 Å². The minimum Gasteiger partial charge on any atom is -0.394 e. The SMILES string of the molecule is O=C(c1ccc(Br)c([N+](=O)[O-])c1)N1CCOCC1CO. The Morgan fingerprint density at radius 1 is 1.60 bits per heavy atom. The summed E-state index contributed by atoms with van der Waals surface area (Å²) in [4.78, 5) is 24.2. The lowest BCUT2D eigenvalue weighted by Crippen LogP contribution is -2.50. The van der Waals surface area contributed by atoms with Crippen LogP contribution >= 0.6 is 15.9 Å². The fourth-order valence-electron chi connectivity index (χ4n) is 2.02. The largest absolute Gasteiger partial charge is 0.394 e. The Kier molecular flexibility index (Phi) is 4.69. The van der Waals surface area contributed by atoms with Gasteiger partial charge >= 0.3 is 0 Å². The zero-order valence-electron chi connectivity index (χ0n) is 10.5. The number of carbonyl (C=O) groups excluding carboxylic acids is 1. The number of nitro benzene ring substituents is 1. The monoisotopic (exact) mass is 344 g/mol. The minimum atomic E-state index is -0.552. The van der Waals surface area contributed by atoms with E-state index in [1.165, 1.54) is 23.1 Å². The number of rotatable bonds is 3. The Balaban J connectivity index is 2.28. The molecule has 0 aliphatic carbocycles. The molecule has 0 spiro atoms. The highest BCUT2D eigenvalue weighted by Gasteiger charge is 2.28. The van der Waals surface area contributed by atoms with Gasteiger partial charge in [-0.1, -0.05) is 0 Å². The van der Waals surface area contributed by atoms with E-state index in [2.05, 4.69) is 15.9 Å². The van der Waals surface area contributed by atoms with E-state index in [0.29, 0.717) is 17.6 Å². The Hall–Kier alpha value is -1.51. The Morgan fingerprint density at radius 3 is 3.00 bits per heavy atom. The molecule has 1 aliphatic heterocycles. The van der Waals surface area contributed by atoms with E-state index >= 15 is 0 Å². The van der Waals surface area contributed by atoms with E-state index in [9.17, 15) is 20.0 Å². The number of nitrogens with zero attached hydrogens (tertiary/aromatic N) is 2. The number of amides is 1. The molecule has 2 rings (SSSR count). The maximum Gasteiger partial charge on any atom is 0.284 e. The molecule has 1 amide bonds. The van der Waals surface area contributed by atoms with Crippen LogP contribution in [0.2, 0.25) is 0 Å². The highest BCUT2D eigenvalue weighted by atomic mass is 79.9. The van der Waals surface area contributed by atoms with Gasteiger partial charge < -0.3 is 14.7 Å². The average molecular weight is 345 g/mol. The Morgan fingerprint density at radius 2 is 2.35 bits per heavy atom. The first kappa shape index (κ1) is 14.9. The van der Waals surface area contributed by atoms with E-state index < -0.39 is 11.0 Å². The molecular weight excluding hydrogens is 332 g/mol. The molecule has 1 aromatic carbocycles. The zero-order valence-corrected chi connectivity index (χ0v) is 12.1. The molecule has 7 nitrogen and oxygen atoms in total. The lowest BCUT2D eigenvalue weighted by molar-refractivity contribution is -0.385. The van der Waals surface area contributed by atoms with Gasteiger partial charge in [0.15, 0.2) is 0 Å². The average Bonchev–Trinajstić information content (AvgIpc) is 2.46. The summed E-state index contributed by atoms with van der Waals surface area (Å²) in [6, 6.07) is 3.80. The second-order valence-electron chi connectivity index (χ2n) is 4.33. The standard InChI is InChI=1S/C12H13BrN2O5/c13-10-2-1-8(5-11(10)15(18)19)12(17)14-3-4-20-7-9(14)6-16/h1-2,5,9,16H,3-4,6-7H2. The zero-order chi connectivity index (χ0) is 14.7. The summed E-state index contributed by atoms with van der Waals surface area (Å²) in [6.45, 7) is 0.806. The molecule has 1 aromatic rings. The van der Waals surface area contributed by atoms with Gasteiger partial charge in [0, 0.05) is 18.2 Å². The smallest absolute Gasteiger partial charge is 0.284 e. The van der Waals surface area contributed by atoms with Crippen molar-refractivity contribution >= 4 is 27.5 Å². The van der Waals surface area contributed by atoms with Crippen molar-refractivity contribution in [3.05, 3.63) is 38.3 Å². The summed E-state index contributed by atoms with van der Waals surface area (Å²) in [5.74, 6) is -0.344. The normalized spacial score (nSPS) is 18.9. The van der Waals surface area contributed by atoms with Gasteiger partial charge in [-0.25, -0.2) is 0 Å². The van der Waals surface area contributed by atoms with Crippen molar-refractivity contribution in [2.24, 2.45) is 0 Å². The van der Waals surface area contributed by atoms with Gasteiger partial charge in [0.05, 0.1) is 35.3 Å². The van der Waals surface area contributed by atoms with Crippen LogP contribution in [0.3, 0.4) is 0 Å². The van der Waals surface area contributed by atoms with Crippen LogP contribution in [0, 0.1) is 10.1 Å². The lowest BCUT2D eigenvalue weighted by Gasteiger charge is -2.34. The van der Waals surface area contributed by atoms with Crippen molar-refractivity contribution < 1.29 is 19.6 Å². The van der Waals surface area contributed by atoms with Crippen LogP contribution in [0.4, 0.5) is 5.69 Å². The van der Waals surface area contributed by atoms with Gasteiger partial charge in [0.25, 0.3) is 11.6 Å². The molecule has 8 heteroatoms. The number of carbonyl (C=O) groups is 1. The summed E-state index contributed by atoms with van der Waals surface area (Å²) in [5, 5.41) is 20.1. The molecule has 0 aromatic heterocycles. The van der Waals surface area contributed by atoms with Crippen molar-refractivity contribution in [1.82, 2.24) is 4.90 Å². The van der Waals surface area contributed by atoms with Gasteiger partial charge in [0.2, 0.25) is 0 Å². The number of benzene rings is 1. The summed E-state index contributed by atoms with van der Waals surface area (Å²) in [5.41, 5.74) is 0.0601. The summed E-state index contributed by atoms with van der Waals surface area (Å²) in [7, 11) is 0. The van der Waals surface area contributed by atoms with Gasteiger partial charge in [-0.2, -0.15) is 0 Å². The number of hydrogen-bond donors (Lipinski definition) is 1. The van der Waals surface area contributed by atoms with Gasteiger partial charge in [0.1, 0.15) is 0 Å². The van der Waals surface area contributed by atoms with Crippen LogP contribution in [-0.4, -0.2) is 53.2 Å². The molecule has 1 atom stereocenters. The Bertz CT molecular complexity index is 537. The van der Waals surface area contributed by atoms with Crippen LogP contribution in [0.1, 0.15) is 10.4 Å². The maximum absolute atomic E-state index is 12.4. The third-order valence-electron chi connectivity index (χ3n) is 3.09. The number of morpholine rings is 1. The van der Waals surface area contributed by atoms with Crippen LogP contribution in [0.25, 0.3) is 0 Å². The predicted octanol–water partition coefficient (Wildman–Crippen LogP) is 1.19. The molecule has 1 aliphatic rings. The quantitative estimate of drug-likeness (QED) is 0.656. The number of ether oxygens (including phenoxy) is 1. The van der Waals surface area contributed by atoms with Gasteiger partial charge in [-0.05, 0) is 28.1 Å². The molecule has 0 saturated carbocycles. The first-order valence-electron chi connectivity index (χ1n) is 5.98. The molecular formula is C12H13BrN2O5. The van der Waals surface area contributed by atoms with Crippen molar-refractivity contribution in [2.45, 2.75) is 6.04 Å². The number of aliphatic hydroxyl groups excluding tert-OH is 1. The van der Waals surface area contributed by atoms with E-state index in [4.69, 9.17) is 4.74 Å². The van der Waals surface area contributed by atoms with Crippen molar-refractivity contribution in [3.8, 4) is 0 Å². The van der Waals surface area contributed by atoms with E-state index in [1.54, 1.807) is 0 Å². The summed E-state index contributed by atoms with van der Waals surface area (Å²) < 4.78 is 5.52. The molecule has 20 heavy (non-hydrogen) atoms. The first-order valence-corrected chi connectivity index (χ1v) is 6.77. The number of aliphatic hydroxyl groups is 1. The number of halogens is 1. The number of hydrogen-bond acceptors (Lipinski definition) is 5.